The molecule has 0 saturated heterocycles. The Morgan fingerprint density at radius 1 is 0.828 bits per heavy atom. The summed E-state index contributed by atoms with van der Waals surface area (Å²) in [6.45, 7) is 2.17. The Hall–Kier alpha value is -0.150. The molecule has 1 rings (SSSR count). The number of aliphatic hydroxyl groups excluding tert-OH is 4. The Bertz CT molecular complexity index is 509. The third-order valence-electron chi connectivity index (χ3n) is 5.45. The lowest BCUT2D eigenvalue weighted by atomic mass is 9.84. The molecular formula is C19H37F2O7P. The number of aliphatic hydroxyl groups is 4. The molecule has 1 unspecified atom stereocenters. The molecule has 0 amide bonds. The number of rotatable bonds is 14. The van der Waals surface area contributed by atoms with Gasteiger partial charge in [0.15, 0.2) is 6.10 Å². The summed E-state index contributed by atoms with van der Waals surface area (Å²) in [5, 5.41) is 38.5. The predicted molar refractivity (Wildman–Crippen MR) is 105 cm³/mol. The van der Waals surface area contributed by atoms with Gasteiger partial charge < -0.3 is 24.9 Å². The van der Waals surface area contributed by atoms with Crippen molar-refractivity contribution in [2.75, 3.05) is 13.3 Å². The highest BCUT2D eigenvalue weighted by Crippen LogP contribution is 2.53. The first-order valence-corrected chi connectivity index (χ1v) is 12.3. The number of alkyl halides is 2. The molecule has 1 aliphatic rings. The van der Waals surface area contributed by atoms with Crippen LogP contribution in [-0.2, 0) is 13.6 Å². The van der Waals surface area contributed by atoms with E-state index in [1.807, 2.05) is 0 Å². The Balaban J connectivity index is 2.45. The van der Waals surface area contributed by atoms with Crippen molar-refractivity contribution in [2.24, 2.45) is 0 Å². The fourth-order valence-electron chi connectivity index (χ4n) is 3.48. The Morgan fingerprint density at radius 2 is 1.31 bits per heavy atom. The summed E-state index contributed by atoms with van der Waals surface area (Å²) < 4.78 is 51.0. The average molecular weight is 446 g/mol. The molecular weight excluding hydrogens is 409 g/mol. The molecule has 10 heteroatoms. The molecule has 6 atom stereocenters. The minimum Gasteiger partial charge on any atom is -0.387 e. The molecule has 1 fully saturated rings. The monoisotopic (exact) mass is 446 g/mol. The van der Waals surface area contributed by atoms with Crippen LogP contribution in [0.4, 0.5) is 8.78 Å². The molecule has 0 aliphatic heterocycles. The van der Waals surface area contributed by atoms with Crippen molar-refractivity contribution in [3.8, 4) is 0 Å². The average Bonchev–Trinajstić information content (AvgIpc) is 2.70. The second-order valence-electron chi connectivity index (χ2n) is 7.82. The van der Waals surface area contributed by atoms with Gasteiger partial charge in [-0.3, -0.25) is 9.09 Å². The zero-order chi connectivity index (χ0) is 22.1. The van der Waals surface area contributed by atoms with Crippen molar-refractivity contribution in [1.29, 1.82) is 0 Å². The first-order valence-electron chi connectivity index (χ1n) is 10.5. The van der Waals surface area contributed by atoms with Crippen molar-refractivity contribution < 1.29 is 42.8 Å². The van der Waals surface area contributed by atoms with E-state index in [2.05, 4.69) is 6.92 Å². The Kier molecular flexibility index (Phi) is 11.7. The SMILES string of the molecule is CCCCCCCCCCCCP(=O)(OC)O[C@H]1[C@H](O)[C@@H](O)[C@H](O)[C@@H](O)C1(F)F. The smallest absolute Gasteiger partial charge is 0.330 e. The van der Waals surface area contributed by atoms with Crippen molar-refractivity contribution in [2.45, 2.75) is 108 Å². The third kappa shape index (κ3) is 7.80. The number of hydrogen-bond donors (Lipinski definition) is 4. The van der Waals surface area contributed by atoms with Crippen molar-refractivity contribution in [3.05, 3.63) is 0 Å². The predicted octanol–water partition coefficient (Wildman–Crippen LogP) is 3.22. The van der Waals surface area contributed by atoms with Gasteiger partial charge in [0.25, 0.3) is 0 Å². The summed E-state index contributed by atoms with van der Waals surface area (Å²) in [7, 11) is -2.91. The van der Waals surface area contributed by atoms with Crippen molar-refractivity contribution >= 4 is 7.60 Å². The lowest BCUT2D eigenvalue weighted by Gasteiger charge is -2.44. The fourth-order valence-corrected chi connectivity index (χ4v) is 5.07. The molecule has 1 aliphatic carbocycles. The molecule has 0 bridgehead atoms. The maximum absolute atomic E-state index is 14.3. The summed E-state index contributed by atoms with van der Waals surface area (Å²) in [5.74, 6) is -4.11. The summed E-state index contributed by atoms with van der Waals surface area (Å²) in [6.07, 6.45) is -1.37. The van der Waals surface area contributed by atoms with Gasteiger partial charge in [0, 0.05) is 7.11 Å². The van der Waals surface area contributed by atoms with Gasteiger partial charge >= 0.3 is 13.5 Å². The van der Waals surface area contributed by atoms with Gasteiger partial charge in [0.2, 0.25) is 0 Å². The van der Waals surface area contributed by atoms with Crippen molar-refractivity contribution in [1.82, 2.24) is 0 Å². The molecule has 7 nitrogen and oxygen atoms in total. The van der Waals surface area contributed by atoms with E-state index in [-0.39, 0.29) is 6.16 Å². The molecule has 0 spiro atoms. The van der Waals surface area contributed by atoms with Crippen molar-refractivity contribution in [3.63, 3.8) is 0 Å². The van der Waals surface area contributed by atoms with E-state index in [4.69, 9.17) is 9.05 Å². The van der Waals surface area contributed by atoms with Gasteiger partial charge in [-0.15, -0.1) is 0 Å². The van der Waals surface area contributed by atoms with E-state index in [0.29, 0.717) is 6.42 Å². The van der Waals surface area contributed by atoms with Crippen LogP contribution in [0.2, 0.25) is 0 Å². The van der Waals surface area contributed by atoms with Gasteiger partial charge in [0.05, 0.1) is 6.16 Å². The number of hydrogen-bond acceptors (Lipinski definition) is 7. The number of unbranched alkanes of at least 4 members (excludes halogenated alkanes) is 9. The lowest BCUT2D eigenvalue weighted by Crippen LogP contribution is -2.67. The topological polar surface area (TPSA) is 116 Å². The lowest BCUT2D eigenvalue weighted by molar-refractivity contribution is -0.280. The van der Waals surface area contributed by atoms with Crippen LogP contribution in [0.15, 0.2) is 0 Å². The van der Waals surface area contributed by atoms with Crippen LogP contribution in [0.5, 0.6) is 0 Å². The standard InChI is InChI=1S/C19H37F2O7P/c1-3-4-5-6-7-8-9-10-11-12-13-29(26,27-2)28-18-16(24)14(22)15(23)17(25)19(18,20)21/h14-18,22-25H,3-13H2,1-2H3/t14-,15-,16+,17+,18-,29?/m0/s1. The zero-order valence-corrected chi connectivity index (χ0v) is 18.3. The van der Waals surface area contributed by atoms with Gasteiger partial charge in [-0.1, -0.05) is 64.7 Å². The molecule has 0 heterocycles. The van der Waals surface area contributed by atoms with E-state index in [0.717, 1.165) is 32.8 Å². The van der Waals surface area contributed by atoms with Gasteiger partial charge in [-0.2, -0.15) is 0 Å². The maximum Gasteiger partial charge on any atom is 0.330 e. The van der Waals surface area contributed by atoms with Crippen LogP contribution in [0.25, 0.3) is 0 Å². The molecule has 4 N–H and O–H groups in total. The molecule has 29 heavy (non-hydrogen) atoms. The minimum absolute atomic E-state index is 0.117. The molecule has 0 radical (unpaired) electrons. The van der Waals surface area contributed by atoms with Gasteiger partial charge in [-0.05, 0) is 6.42 Å². The highest BCUT2D eigenvalue weighted by Gasteiger charge is 2.62. The quantitative estimate of drug-likeness (QED) is 0.239. The number of halogens is 2. The molecule has 0 aromatic carbocycles. The Morgan fingerprint density at radius 3 is 1.79 bits per heavy atom. The van der Waals surface area contributed by atoms with Gasteiger partial charge in [0.1, 0.15) is 24.4 Å². The first kappa shape index (κ1) is 26.9. The van der Waals surface area contributed by atoms with E-state index < -0.39 is 44.0 Å². The molecule has 174 valence electrons. The van der Waals surface area contributed by atoms with Crippen LogP contribution < -0.4 is 0 Å². The van der Waals surface area contributed by atoms with E-state index in [9.17, 15) is 33.8 Å². The van der Waals surface area contributed by atoms with E-state index in [1.165, 1.54) is 32.1 Å². The largest absolute Gasteiger partial charge is 0.387 e. The molecule has 1 saturated carbocycles. The first-order chi connectivity index (χ1) is 13.6. The van der Waals surface area contributed by atoms with E-state index in [1.54, 1.807) is 0 Å². The normalized spacial score (nSPS) is 31.5. The van der Waals surface area contributed by atoms with E-state index >= 15 is 0 Å². The van der Waals surface area contributed by atoms with Crippen LogP contribution in [0.1, 0.15) is 71.1 Å². The summed E-state index contributed by atoms with van der Waals surface area (Å²) >= 11 is 0. The third-order valence-corrected chi connectivity index (χ3v) is 7.41. The second kappa shape index (κ2) is 12.6. The Labute approximate surface area is 172 Å². The van der Waals surface area contributed by atoms with Crippen LogP contribution in [0, 0.1) is 0 Å². The molecule has 0 aromatic heterocycles. The van der Waals surface area contributed by atoms with Crippen LogP contribution in [-0.4, -0.2) is 70.1 Å². The highest BCUT2D eigenvalue weighted by atomic mass is 31.2. The summed E-state index contributed by atoms with van der Waals surface area (Å²) in [4.78, 5) is 0. The minimum atomic E-state index is -4.11. The zero-order valence-electron chi connectivity index (χ0n) is 17.4. The second-order valence-corrected chi connectivity index (χ2v) is 10.1. The molecule has 0 aromatic rings. The highest BCUT2D eigenvalue weighted by molar-refractivity contribution is 7.53. The summed E-state index contributed by atoms with van der Waals surface area (Å²) in [5.41, 5.74) is 0. The maximum atomic E-state index is 14.3. The fraction of sp³-hybridized carbons (Fsp3) is 1.00. The summed E-state index contributed by atoms with van der Waals surface area (Å²) in [6, 6.07) is 0. The van der Waals surface area contributed by atoms with Crippen LogP contribution in [0.3, 0.4) is 0 Å². The van der Waals surface area contributed by atoms with Crippen LogP contribution >= 0.6 is 7.60 Å². The van der Waals surface area contributed by atoms with Gasteiger partial charge in [-0.25, -0.2) is 8.78 Å².